The van der Waals surface area contributed by atoms with Crippen molar-refractivity contribution in [2.45, 2.75) is 31.3 Å². The van der Waals surface area contributed by atoms with Crippen LogP contribution in [0, 0.1) is 0 Å². The number of morpholine rings is 1. The number of benzene rings is 1. The Morgan fingerprint density at radius 1 is 1.37 bits per heavy atom. The molecule has 4 rings (SSSR count). The van der Waals surface area contributed by atoms with Crippen LogP contribution in [0.1, 0.15) is 6.92 Å². The van der Waals surface area contributed by atoms with E-state index >= 15 is 0 Å². The Hall–Kier alpha value is -1.77. The summed E-state index contributed by atoms with van der Waals surface area (Å²) in [5.74, 6) is -0.262. The Morgan fingerprint density at radius 2 is 2.22 bits per heavy atom. The van der Waals surface area contributed by atoms with E-state index in [1.165, 1.54) is 0 Å². The summed E-state index contributed by atoms with van der Waals surface area (Å²) >= 11 is 3.55. The molecule has 1 amide bonds. The average Bonchev–Trinajstić information content (AvgIpc) is 3.06. The molecule has 2 aliphatic heterocycles. The van der Waals surface area contributed by atoms with Crippen LogP contribution in [-0.4, -0.2) is 61.5 Å². The van der Waals surface area contributed by atoms with Gasteiger partial charge in [0.2, 0.25) is 0 Å². The number of fused-ring (bicyclic) bond motifs is 1. The molecule has 144 valence electrons. The lowest BCUT2D eigenvalue weighted by Crippen LogP contribution is -2.55. The van der Waals surface area contributed by atoms with Crippen molar-refractivity contribution in [1.29, 1.82) is 0 Å². The first-order chi connectivity index (χ1) is 13.0. The molecule has 0 bridgehead atoms. The highest BCUT2D eigenvalue weighted by atomic mass is 79.9. The Morgan fingerprint density at radius 3 is 3.00 bits per heavy atom. The van der Waals surface area contributed by atoms with E-state index in [1.54, 1.807) is 6.20 Å². The van der Waals surface area contributed by atoms with E-state index in [4.69, 9.17) is 4.74 Å². The molecule has 0 aliphatic carbocycles. The van der Waals surface area contributed by atoms with Crippen molar-refractivity contribution in [2.75, 3.05) is 31.1 Å². The molecular weight excluding hydrogens is 415 g/mol. The predicted molar refractivity (Wildman–Crippen MR) is 106 cm³/mol. The van der Waals surface area contributed by atoms with Gasteiger partial charge in [0.15, 0.2) is 6.10 Å². The Kier molecular flexibility index (Phi) is 5.29. The number of halogens is 2. The number of ether oxygens (including phenoxy) is 1. The maximum atomic E-state index is 13.8. The number of hydrogen-bond acceptors (Lipinski definition) is 5. The second kappa shape index (κ2) is 7.69. The van der Waals surface area contributed by atoms with Crippen molar-refractivity contribution < 1.29 is 13.9 Å². The smallest absolute Gasteiger partial charge is 0.251 e. The van der Waals surface area contributed by atoms with Crippen molar-refractivity contribution in [3.63, 3.8) is 0 Å². The summed E-state index contributed by atoms with van der Waals surface area (Å²) in [7, 11) is 0. The SMILES string of the molecule is C[C@@H]1CN(c2ccc(Br)c3ncccc23)C[C@H](C(=O)NC2CNCC2F)O1. The van der Waals surface area contributed by atoms with Gasteiger partial charge in [-0.05, 0) is 47.1 Å². The van der Waals surface area contributed by atoms with Crippen LogP contribution in [0.5, 0.6) is 0 Å². The summed E-state index contributed by atoms with van der Waals surface area (Å²) in [6.45, 7) is 3.75. The molecule has 2 aliphatic rings. The number of carbonyl (C=O) groups is 1. The Balaban J connectivity index is 1.56. The van der Waals surface area contributed by atoms with Gasteiger partial charge in [-0.15, -0.1) is 0 Å². The fraction of sp³-hybridized carbons (Fsp3) is 0.474. The molecule has 6 nitrogen and oxygen atoms in total. The zero-order valence-electron chi connectivity index (χ0n) is 15.0. The van der Waals surface area contributed by atoms with Crippen LogP contribution in [0.2, 0.25) is 0 Å². The third-order valence-electron chi connectivity index (χ3n) is 5.06. The number of carbonyl (C=O) groups excluding carboxylic acids is 1. The third kappa shape index (κ3) is 3.79. The number of pyridine rings is 1. The molecule has 2 N–H and O–H groups in total. The van der Waals surface area contributed by atoms with Gasteiger partial charge in [-0.25, -0.2) is 4.39 Å². The van der Waals surface area contributed by atoms with Gasteiger partial charge in [0.25, 0.3) is 5.91 Å². The number of anilines is 1. The number of nitrogens with one attached hydrogen (secondary N) is 2. The summed E-state index contributed by atoms with van der Waals surface area (Å²) in [6, 6.07) is 7.43. The van der Waals surface area contributed by atoms with E-state index in [2.05, 4.69) is 36.4 Å². The number of hydrogen-bond donors (Lipinski definition) is 2. The molecule has 27 heavy (non-hydrogen) atoms. The van der Waals surface area contributed by atoms with Crippen molar-refractivity contribution in [3.8, 4) is 0 Å². The van der Waals surface area contributed by atoms with Crippen LogP contribution in [0.15, 0.2) is 34.9 Å². The van der Waals surface area contributed by atoms with Gasteiger partial charge in [0, 0.05) is 41.4 Å². The number of amides is 1. The van der Waals surface area contributed by atoms with E-state index in [0.717, 1.165) is 21.1 Å². The maximum absolute atomic E-state index is 13.8. The average molecular weight is 437 g/mol. The Bertz CT molecular complexity index is 852. The Labute approximate surface area is 165 Å². The molecule has 3 heterocycles. The summed E-state index contributed by atoms with van der Waals surface area (Å²) in [4.78, 5) is 19.3. The van der Waals surface area contributed by atoms with Gasteiger partial charge in [-0.1, -0.05) is 0 Å². The molecule has 4 atom stereocenters. The quantitative estimate of drug-likeness (QED) is 0.770. The topological polar surface area (TPSA) is 66.5 Å². The normalized spacial score (nSPS) is 28.5. The van der Waals surface area contributed by atoms with Gasteiger partial charge in [-0.2, -0.15) is 0 Å². The highest BCUT2D eigenvalue weighted by molar-refractivity contribution is 9.10. The van der Waals surface area contributed by atoms with Crippen LogP contribution >= 0.6 is 15.9 Å². The maximum Gasteiger partial charge on any atom is 0.251 e. The number of rotatable bonds is 3. The molecule has 1 aromatic carbocycles. The van der Waals surface area contributed by atoms with Gasteiger partial charge in [0.1, 0.15) is 6.17 Å². The van der Waals surface area contributed by atoms with Crippen LogP contribution < -0.4 is 15.5 Å². The molecule has 2 saturated heterocycles. The monoisotopic (exact) mass is 436 g/mol. The summed E-state index contributed by atoms with van der Waals surface area (Å²) in [5, 5.41) is 6.75. The molecule has 0 saturated carbocycles. The van der Waals surface area contributed by atoms with E-state index in [-0.39, 0.29) is 18.6 Å². The summed E-state index contributed by atoms with van der Waals surface area (Å²) in [5.41, 5.74) is 1.90. The van der Waals surface area contributed by atoms with E-state index in [1.807, 2.05) is 31.2 Å². The van der Waals surface area contributed by atoms with E-state index in [9.17, 15) is 9.18 Å². The molecule has 0 spiro atoms. The molecule has 0 radical (unpaired) electrons. The van der Waals surface area contributed by atoms with Crippen molar-refractivity contribution in [2.24, 2.45) is 0 Å². The van der Waals surface area contributed by atoms with Crippen molar-refractivity contribution in [1.82, 2.24) is 15.6 Å². The lowest BCUT2D eigenvalue weighted by atomic mass is 10.1. The number of nitrogens with zero attached hydrogens (tertiary/aromatic N) is 2. The second-order valence-corrected chi connectivity index (χ2v) is 7.95. The first-order valence-corrected chi connectivity index (χ1v) is 9.91. The molecule has 8 heteroatoms. The molecule has 2 aromatic rings. The molecular formula is C19H22BrFN4O2. The first kappa shape index (κ1) is 18.6. The standard InChI is InChI=1S/C19H22BrFN4O2/c1-11-9-25(16-5-4-13(20)18-12(16)3-2-6-23-18)10-17(27-11)19(26)24-15-8-22-7-14(15)21/h2-6,11,14-15,17,22H,7-10H2,1H3,(H,24,26)/t11-,14?,15?,17-/m1/s1. The summed E-state index contributed by atoms with van der Waals surface area (Å²) in [6.07, 6.45) is -0.0600. The van der Waals surface area contributed by atoms with Crippen LogP contribution in [0.25, 0.3) is 10.9 Å². The fourth-order valence-electron chi connectivity index (χ4n) is 3.76. The van der Waals surface area contributed by atoms with Crippen molar-refractivity contribution in [3.05, 3.63) is 34.9 Å². The van der Waals surface area contributed by atoms with Crippen LogP contribution in [0.4, 0.5) is 10.1 Å². The van der Waals surface area contributed by atoms with E-state index in [0.29, 0.717) is 19.6 Å². The zero-order chi connectivity index (χ0) is 19.0. The molecule has 1 aromatic heterocycles. The number of alkyl halides is 1. The minimum Gasteiger partial charge on any atom is -0.365 e. The van der Waals surface area contributed by atoms with Crippen molar-refractivity contribution >= 4 is 38.4 Å². The fourth-order valence-corrected chi connectivity index (χ4v) is 4.20. The zero-order valence-corrected chi connectivity index (χ0v) is 16.6. The summed E-state index contributed by atoms with van der Waals surface area (Å²) < 4.78 is 20.6. The van der Waals surface area contributed by atoms with Crippen LogP contribution in [-0.2, 0) is 9.53 Å². The van der Waals surface area contributed by atoms with Gasteiger partial charge >= 0.3 is 0 Å². The minimum absolute atomic E-state index is 0.118. The lowest BCUT2D eigenvalue weighted by molar-refractivity contribution is -0.138. The van der Waals surface area contributed by atoms with Crippen LogP contribution in [0.3, 0.4) is 0 Å². The predicted octanol–water partition coefficient (Wildman–Crippen LogP) is 2.02. The van der Waals surface area contributed by atoms with Gasteiger partial charge in [-0.3, -0.25) is 9.78 Å². The second-order valence-electron chi connectivity index (χ2n) is 7.10. The minimum atomic E-state index is -1.06. The van der Waals surface area contributed by atoms with Gasteiger partial charge in [0.05, 0.1) is 24.2 Å². The van der Waals surface area contributed by atoms with Gasteiger partial charge < -0.3 is 20.3 Å². The highest BCUT2D eigenvalue weighted by Gasteiger charge is 2.35. The third-order valence-corrected chi connectivity index (χ3v) is 5.70. The molecule has 2 unspecified atom stereocenters. The first-order valence-electron chi connectivity index (χ1n) is 9.11. The highest BCUT2D eigenvalue weighted by Crippen LogP contribution is 2.32. The largest absolute Gasteiger partial charge is 0.365 e. The molecule has 2 fully saturated rings. The number of aromatic nitrogens is 1. The van der Waals surface area contributed by atoms with E-state index < -0.39 is 18.3 Å². The lowest BCUT2D eigenvalue weighted by Gasteiger charge is -2.38.